The van der Waals surface area contributed by atoms with Gasteiger partial charge < -0.3 is 9.47 Å². The van der Waals surface area contributed by atoms with Gasteiger partial charge in [0.2, 0.25) is 23.2 Å². The minimum Gasteiger partial charge on any atom is -0.490 e. The number of carbonyl (C=O) groups is 1. The van der Waals surface area contributed by atoms with Gasteiger partial charge in [-0.3, -0.25) is 9.69 Å². The Bertz CT molecular complexity index is 1150. The first-order valence-electron chi connectivity index (χ1n) is 11.3. The van der Waals surface area contributed by atoms with Crippen LogP contribution in [0.3, 0.4) is 0 Å². The van der Waals surface area contributed by atoms with Crippen LogP contribution in [0, 0.1) is 0 Å². The van der Waals surface area contributed by atoms with E-state index in [1.54, 1.807) is 4.90 Å². The molecule has 2 heterocycles. The zero-order valence-corrected chi connectivity index (χ0v) is 19.5. The van der Waals surface area contributed by atoms with E-state index in [-0.39, 0.29) is 12.0 Å². The van der Waals surface area contributed by atoms with Gasteiger partial charge >= 0.3 is 0 Å². The van der Waals surface area contributed by atoms with Crippen LogP contribution in [0.4, 0.5) is 5.69 Å². The molecule has 1 saturated carbocycles. The summed E-state index contributed by atoms with van der Waals surface area (Å²) in [5, 5.41) is 9.11. The summed E-state index contributed by atoms with van der Waals surface area (Å²) in [5.74, 6) is 1.15. The monoisotopic (exact) mass is 462 g/mol. The van der Waals surface area contributed by atoms with Crippen molar-refractivity contribution in [3.63, 3.8) is 0 Å². The first-order valence-corrected chi connectivity index (χ1v) is 12.5. The first kappa shape index (κ1) is 21.7. The fraction of sp³-hybridized carbons (Fsp3) is 0.360. The van der Waals surface area contributed by atoms with Gasteiger partial charge in [-0.1, -0.05) is 36.9 Å². The quantitative estimate of drug-likeness (QED) is 0.469. The number of hydrogen-bond donors (Lipinski definition) is 0. The standard InChI is InChI=1S/C25H26N4O3S/c1-3-21(30)29-20-11-7-6-10-19(20)22-23(26-25(33-2)28-27-22)32-24(29)16-12-14-18(15-13-16)31-17-8-4-5-9-17/h6-7,10-15,17,24H,3-5,8-9H2,1-2H3/t24-/m0/s1. The summed E-state index contributed by atoms with van der Waals surface area (Å²) in [5.41, 5.74) is 2.86. The molecule has 1 atom stereocenters. The number of carbonyl (C=O) groups excluding carboxylic acids is 1. The lowest BCUT2D eigenvalue weighted by Crippen LogP contribution is -2.37. The Labute approximate surface area is 197 Å². The van der Waals surface area contributed by atoms with Crippen LogP contribution in [0.25, 0.3) is 11.3 Å². The molecule has 0 saturated heterocycles. The lowest BCUT2D eigenvalue weighted by atomic mass is 10.1. The highest BCUT2D eigenvalue weighted by Crippen LogP contribution is 2.43. The summed E-state index contributed by atoms with van der Waals surface area (Å²) in [6.07, 6.45) is 6.47. The molecule has 0 spiro atoms. The number of para-hydroxylation sites is 1. The van der Waals surface area contributed by atoms with Crippen LogP contribution in [-0.4, -0.2) is 33.4 Å². The molecule has 3 aromatic rings. The Morgan fingerprint density at radius 2 is 1.88 bits per heavy atom. The smallest absolute Gasteiger partial charge is 0.247 e. The van der Waals surface area contributed by atoms with Crippen LogP contribution in [0.5, 0.6) is 11.6 Å². The van der Waals surface area contributed by atoms with E-state index in [0.29, 0.717) is 23.2 Å². The van der Waals surface area contributed by atoms with Gasteiger partial charge in [-0.05, 0) is 62.3 Å². The van der Waals surface area contributed by atoms with Gasteiger partial charge in [0.25, 0.3) is 0 Å². The molecular formula is C25H26N4O3S. The molecule has 5 rings (SSSR count). The Balaban J connectivity index is 1.58. The number of benzene rings is 2. The summed E-state index contributed by atoms with van der Waals surface area (Å²) in [6.45, 7) is 1.85. The maximum absolute atomic E-state index is 13.2. The molecular weight excluding hydrogens is 436 g/mol. The molecule has 33 heavy (non-hydrogen) atoms. The Kier molecular flexibility index (Phi) is 6.17. The third kappa shape index (κ3) is 4.27. The van der Waals surface area contributed by atoms with Gasteiger partial charge in [0.05, 0.1) is 11.8 Å². The van der Waals surface area contributed by atoms with Crippen molar-refractivity contribution in [2.75, 3.05) is 11.2 Å². The molecule has 170 valence electrons. The van der Waals surface area contributed by atoms with Gasteiger partial charge in [0.1, 0.15) is 5.75 Å². The fourth-order valence-corrected chi connectivity index (χ4v) is 4.66. The van der Waals surface area contributed by atoms with Crippen molar-refractivity contribution in [3.05, 3.63) is 54.1 Å². The number of rotatable bonds is 5. The van der Waals surface area contributed by atoms with E-state index in [1.165, 1.54) is 24.6 Å². The van der Waals surface area contributed by atoms with Gasteiger partial charge in [-0.25, -0.2) is 0 Å². The predicted molar refractivity (Wildman–Crippen MR) is 128 cm³/mol. The van der Waals surface area contributed by atoms with Crippen LogP contribution in [-0.2, 0) is 4.79 Å². The molecule has 1 aliphatic heterocycles. The third-order valence-corrected chi connectivity index (χ3v) is 6.57. The lowest BCUT2D eigenvalue weighted by molar-refractivity contribution is -0.120. The van der Waals surface area contributed by atoms with Crippen molar-refractivity contribution in [2.24, 2.45) is 0 Å². The molecule has 1 fully saturated rings. The van der Waals surface area contributed by atoms with Crippen molar-refractivity contribution < 1.29 is 14.3 Å². The van der Waals surface area contributed by atoms with E-state index in [9.17, 15) is 4.79 Å². The zero-order chi connectivity index (χ0) is 22.8. The maximum Gasteiger partial charge on any atom is 0.247 e. The van der Waals surface area contributed by atoms with E-state index >= 15 is 0 Å². The number of fused-ring (bicyclic) bond motifs is 3. The van der Waals surface area contributed by atoms with Crippen molar-refractivity contribution in [3.8, 4) is 22.9 Å². The molecule has 0 radical (unpaired) electrons. The van der Waals surface area contributed by atoms with Gasteiger partial charge in [-0.15, -0.1) is 10.2 Å². The van der Waals surface area contributed by atoms with Gasteiger partial charge in [-0.2, -0.15) is 4.98 Å². The summed E-state index contributed by atoms with van der Waals surface area (Å²) in [4.78, 5) is 19.5. The molecule has 7 nitrogen and oxygen atoms in total. The summed E-state index contributed by atoms with van der Waals surface area (Å²) in [6, 6.07) is 15.5. The van der Waals surface area contributed by atoms with Gasteiger partial charge in [0.15, 0.2) is 5.69 Å². The van der Waals surface area contributed by atoms with Gasteiger partial charge in [0, 0.05) is 17.5 Å². The van der Waals surface area contributed by atoms with Crippen LogP contribution in [0.1, 0.15) is 50.8 Å². The Morgan fingerprint density at radius 3 is 2.61 bits per heavy atom. The van der Waals surface area contributed by atoms with Crippen LogP contribution in [0.15, 0.2) is 53.7 Å². The molecule has 8 heteroatoms. The number of amides is 1. The largest absolute Gasteiger partial charge is 0.490 e. The van der Waals surface area contributed by atoms with E-state index in [1.807, 2.05) is 61.7 Å². The summed E-state index contributed by atoms with van der Waals surface area (Å²) in [7, 11) is 0. The van der Waals surface area contributed by atoms with Crippen LogP contribution in [0.2, 0.25) is 0 Å². The van der Waals surface area contributed by atoms with Crippen molar-refractivity contribution >= 4 is 23.4 Å². The molecule has 0 bridgehead atoms. The van der Waals surface area contributed by atoms with Crippen molar-refractivity contribution in [1.82, 2.24) is 15.2 Å². The normalized spacial score (nSPS) is 17.6. The van der Waals surface area contributed by atoms with Crippen LogP contribution >= 0.6 is 11.8 Å². The van der Waals surface area contributed by atoms with E-state index < -0.39 is 6.23 Å². The highest BCUT2D eigenvalue weighted by molar-refractivity contribution is 7.98. The Morgan fingerprint density at radius 1 is 1.12 bits per heavy atom. The number of nitrogens with zero attached hydrogens (tertiary/aromatic N) is 4. The highest BCUT2D eigenvalue weighted by Gasteiger charge is 2.35. The molecule has 2 aromatic carbocycles. The second-order valence-electron chi connectivity index (χ2n) is 8.15. The maximum atomic E-state index is 13.2. The van der Waals surface area contributed by atoms with E-state index in [2.05, 4.69) is 15.2 Å². The highest BCUT2D eigenvalue weighted by atomic mass is 32.2. The minimum absolute atomic E-state index is 0.0513. The molecule has 0 N–H and O–H groups in total. The second-order valence-corrected chi connectivity index (χ2v) is 8.92. The lowest BCUT2D eigenvalue weighted by Gasteiger charge is -2.30. The number of aromatic nitrogens is 3. The average Bonchev–Trinajstić information content (AvgIpc) is 3.32. The summed E-state index contributed by atoms with van der Waals surface area (Å²) >= 11 is 1.39. The van der Waals surface area contributed by atoms with E-state index in [4.69, 9.17) is 9.47 Å². The molecule has 0 unspecified atom stereocenters. The fourth-order valence-electron chi connectivity index (χ4n) is 4.37. The predicted octanol–water partition coefficient (Wildman–Crippen LogP) is 5.42. The third-order valence-electron chi connectivity index (χ3n) is 6.04. The topological polar surface area (TPSA) is 77.4 Å². The van der Waals surface area contributed by atoms with Crippen LogP contribution < -0.4 is 14.4 Å². The molecule has 1 amide bonds. The zero-order valence-electron chi connectivity index (χ0n) is 18.7. The average molecular weight is 463 g/mol. The number of ether oxygens (including phenoxy) is 2. The minimum atomic E-state index is -0.688. The molecule has 2 aliphatic rings. The Hall–Kier alpha value is -3.13. The second kappa shape index (κ2) is 9.39. The number of thioether (sulfide) groups is 1. The van der Waals surface area contributed by atoms with Crippen molar-refractivity contribution in [1.29, 1.82) is 0 Å². The van der Waals surface area contributed by atoms with E-state index in [0.717, 1.165) is 35.4 Å². The SMILES string of the molecule is CCC(=O)N1c2ccccc2-c2nnc(SC)nc2O[C@H]1c1ccc(OC2CCCC2)cc1. The van der Waals surface area contributed by atoms with Crippen molar-refractivity contribution in [2.45, 2.75) is 56.5 Å². The first-order chi connectivity index (χ1) is 16.2. The summed E-state index contributed by atoms with van der Waals surface area (Å²) < 4.78 is 12.5. The molecule has 1 aromatic heterocycles. The number of anilines is 1. The molecule has 1 aliphatic carbocycles. The number of hydrogen-bond acceptors (Lipinski definition) is 7.